The van der Waals surface area contributed by atoms with Gasteiger partial charge in [0.2, 0.25) is 17.7 Å². The quantitative estimate of drug-likeness (QED) is 0.326. The smallest absolute Gasteiger partial charge is 0.408 e. The minimum atomic E-state index is -1.13. The van der Waals surface area contributed by atoms with Crippen LogP contribution in [-0.4, -0.2) is 51.9 Å². The van der Waals surface area contributed by atoms with Crippen LogP contribution in [-0.2, 0) is 19.1 Å². The molecule has 9 heteroatoms. The highest BCUT2D eigenvalue weighted by molar-refractivity contribution is 5.93. The first-order chi connectivity index (χ1) is 17.9. The normalized spacial score (nSPS) is 14.1. The predicted molar refractivity (Wildman–Crippen MR) is 154 cm³/mol. The Kier molecular flexibility index (Phi) is 12.5. The van der Waals surface area contributed by atoms with Crippen LogP contribution in [0, 0.1) is 13.8 Å². The maximum atomic E-state index is 14.4. The van der Waals surface area contributed by atoms with Crippen molar-refractivity contribution in [3.05, 3.63) is 34.9 Å². The van der Waals surface area contributed by atoms with Crippen molar-refractivity contribution in [2.75, 3.05) is 0 Å². The number of hydrogen-bond acceptors (Lipinski definition) is 5. The molecule has 220 valence electrons. The first-order valence-electron chi connectivity index (χ1n) is 13.9. The summed E-state index contributed by atoms with van der Waals surface area (Å²) in [7, 11) is 0. The SMILES string of the molecule is CCCC(C)NC(=O)C(c1c(C)cccc1C)N(C(=O)C(CCC(N)=O)NC(=O)OC(C)(C)C)C(C)(C)CC. The van der Waals surface area contributed by atoms with Crippen LogP contribution in [0.5, 0.6) is 0 Å². The molecular formula is C30H50N4O5. The molecule has 0 aromatic heterocycles. The van der Waals surface area contributed by atoms with Crippen LogP contribution in [0.3, 0.4) is 0 Å². The van der Waals surface area contributed by atoms with Crippen LogP contribution in [0.1, 0.15) is 110 Å². The Morgan fingerprint density at radius 1 is 0.974 bits per heavy atom. The lowest BCUT2D eigenvalue weighted by Crippen LogP contribution is -2.60. The zero-order valence-corrected chi connectivity index (χ0v) is 25.6. The van der Waals surface area contributed by atoms with Gasteiger partial charge in [0.25, 0.3) is 0 Å². The van der Waals surface area contributed by atoms with Crippen LogP contribution in [0.25, 0.3) is 0 Å². The molecule has 0 bridgehead atoms. The number of rotatable bonds is 13. The molecule has 0 spiro atoms. The third-order valence-corrected chi connectivity index (χ3v) is 6.86. The van der Waals surface area contributed by atoms with Crippen molar-refractivity contribution in [1.82, 2.24) is 15.5 Å². The van der Waals surface area contributed by atoms with Gasteiger partial charge in [0.15, 0.2) is 0 Å². The number of alkyl carbamates (subject to hydrolysis) is 1. The number of carbonyl (C=O) groups excluding carboxylic acids is 4. The number of aryl methyl sites for hydroxylation is 2. The zero-order chi connectivity index (χ0) is 30.1. The molecule has 0 fully saturated rings. The van der Waals surface area contributed by atoms with Crippen LogP contribution in [0.2, 0.25) is 0 Å². The second-order valence-electron chi connectivity index (χ2n) is 12.0. The molecule has 0 saturated carbocycles. The molecule has 4 N–H and O–H groups in total. The van der Waals surface area contributed by atoms with Gasteiger partial charge < -0.3 is 26.0 Å². The first kappa shape index (κ1) is 33.9. The lowest BCUT2D eigenvalue weighted by molar-refractivity contribution is -0.149. The Hall–Kier alpha value is -3.10. The monoisotopic (exact) mass is 546 g/mol. The summed E-state index contributed by atoms with van der Waals surface area (Å²) in [5.74, 6) is -1.38. The maximum Gasteiger partial charge on any atom is 0.408 e. The van der Waals surface area contributed by atoms with E-state index in [-0.39, 0.29) is 24.8 Å². The topological polar surface area (TPSA) is 131 Å². The minimum absolute atomic E-state index is 0.0307. The molecule has 3 atom stereocenters. The van der Waals surface area contributed by atoms with E-state index in [1.807, 2.05) is 66.7 Å². The van der Waals surface area contributed by atoms with Crippen molar-refractivity contribution < 1.29 is 23.9 Å². The van der Waals surface area contributed by atoms with Crippen LogP contribution in [0.15, 0.2) is 18.2 Å². The van der Waals surface area contributed by atoms with Crippen LogP contribution < -0.4 is 16.4 Å². The lowest BCUT2D eigenvalue weighted by atomic mass is 9.88. The molecule has 39 heavy (non-hydrogen) atoms. The Balaban J connectivity index is 3.77. The Labute approximate surface area is 234 Å². The van der Waals surface area contributed by atoms with Gasteiger partial charge in [-0.15, -0.1) is 0 Å². The molecule has 0 aliphatic heterocycles. The van der Waals surface area contributed by atoms with E-state index in [0.717, 1.165) is 29.5 Å². The molecular weight excluding hydrogens is 496 g/mol. The summed E-state index contributed by atoms with van der Waals surface area (Å²) in [4.78, 5) is 54.5. The summed E-state index contributed by atoms with van der Waals surface area (Å²) >= 11 is 0. The van der Waals surface area contributed by atoms with E-state index in [1.165, 1.54) is 0 Å². The molecule has 0 saturated heterocycles. The molecule has 1 aromatic carbocycles. The molecule has 0 heterocycles. The number of primary amides is 1. The van der Waals surface area contributed by atoms with Gasteiger partial charge in [-0.1, -0.05) is 38.5 Å². The van der Waals surface area contributed by atoms with E-state index < -0.39 is 41.1 Å². The van der Waals surface area contributed by atoms with E-state index >= 15 is 0 Å². The van der Waals surface area contributed by atoms with Crippen molar-refractivity contribution >= 4 is 23.8 Å². The van der Waals surface area contributed by atoms with Crippen LogP contribution in [0.4, 0.5) is 4.79 Å². The standard InChI is InChI=1S/C30H50N4O5/c1-11-14-21(5)32-26(36)25(24-19(3)15-13-16-20(24)4)34(30(9,10)12-2)27(37)22(17-18-23(31)35)33-28(38)39-29(6,7)8/h13,15-16,21-22,25H,11-12,14,17-18H2,1-10H3,(H2,31,35)(H,32,36)(H,33,38). The molecule has 0 radical (unpaired) electrons. The summed E-state index contributed by atoms with van der Waals surface area (Å²) in [6.07, 6.45) is 1.28. The van der Waals surface area contributed by atoms with Crippen molar-refractivity contribution in [3.8, 4) is 0 Å². The van der Waals surface area contributed by atoms with Crippen molar-refractivity contribution in [2.45, 2.75) is 131 Å². The highest BCUT2D eigenvalue weighted by atomic mass is 16.6. The number of amides is 4. The third kappa shape index (κ3) is 10.2. The summed E-state index contributed by atoms with van der Waals surface area (Å²) in [6.45, 7) is 18.7. The fourth-order valence-corrected chi connectivity index (χ4v) is 4.57. The summed E-state index contributed by atoms with van der Waals surface area (Å²) in [6, 6.07) is 3.56. The second-order valence-corrected chi connectivity index (χ2v) is 12.0. The number of hydrogen-bond donors (Lipinski definition) is 3. The highest BCUT2D eigenvalue weighted by Gasteiger charge is 2.44. The molecule has 4 amide bonds. The van der Waals surface area contributed by atoms with E-state index in [2.05, 4.69) is 10.6 Å². The average Bonchev–Trinajstić information content (AvgIpc) is 2.79. The van der Waals surface area contributed by atoms with E-state index in [1.54, 1.807) is 25.7 Å². The van der Waals surface area contributed by atoms with Crippen molar-refractivity contribution in [1.29, 1.82) is 0 Å². The number of nitrogens with two attached hydrogens (primary N) is 1. The molecule has 0 aliphatic carbocycles. The second kappa shape index (κ2) is 14.3. The van der Waals surface area contributed by atoms with E-state index in [4.69, 9.17) is 10.5 Å². The van der Waals surface area contributed by atoms with Crippen molar-refractivity contribution in [2.24, 2.45) is 5.73 Å². The fourth-order valence-electron chi connectivity index (χ4n) is 4.57. The van der Waals surface area contributed by atoms with Crippen LogP contribution >= 0.6 is 0 Å². The van der Waals surface area contributed by atoms with Gasteiger partial charge in [0.05, 0.1) is 0 Å². The van der Waals surface area contributed by atoms with Gasteiger partial charge in [-0.05, 0) is 91.3 Å². The zero-order valence-electron chi connectivity index (χ0n) is 25.6. The largest absolute Gasteiger partial charge is 0.444 e. The van der Waals surface area contributed by atoms with Crippen molar-refractivity contribution in [3.63, 3.8) is 0 Å². The average molecular weight is 547 g/mol. The van der Waals surface area contributed by atoms with Gasteiger partial charge in [0.1, 0.15) is 17.7 Å². The molecule has 1 rings (SSSR count). The first-order valence-corrected chi connectivity index (χ1v) is 13.9. The fraction of sp³-hybridized carbons (Fsp3) is 0.667. The molecule has 1 aromatic rings. The Bertz CT molecular complexity index is 995. The minimum Gasteiger partial charge on any atom is -0.444 e. The maximum absolute atomic E-state index is 14.4. The summed E-state index contributed by atoms with van der Waals surface area (Å²) < 4.78 is 5.41. The number of nitrogens with zero attached hydrogens (tertiary/aromatic N) is 1. The number of ether oxygens (including phenoxy) is 1. The number of benzene rings is 1. The number of nitrogens with one attached hydrogen (secondary N) is 2. The molecule has 3 unspecified atom stereocenters. The van der Waals surface area contributed by atoms with Gasteiger partial charge in [0, 0.05) is 18.0 Å². The van der Waals surface area contributed by atoms with E-state index in [0.29, 0.717) is 6.42 Å². The van der Waals surface area contributed by atoms with Gasteiger partial charge in [-0.3, -0.25) is 14.4 Å². The molecule has 9 nitrogen and oxygen atoms in total. The highest BCUT2D eigenvalue weighted by Crippen LogP contribution is 2.35. The van der Waals surface area contributed by atoms with Gasteiger partial charge in [-0.2, -0.15) is 0 Å². The predicted octanol–water partition coefficient (Wildman–Crippen LogP) is 4.83. The Morgan fingerprint density at radius 2 is 1.54 bits per heavy atom. The third-order valence-electron chi connectivity index (χ3n) is 6.86. The number of carbonyl (C=O) groups is 4. The van der Waals surface area contributed by atoms with Gasteiger partial charge >= 0.3 is 6.09 Å². The molecule has 0 aliphatic rings. The Morgan fingerprint density at radius 3 is 2.00 bits per heavy atom. The summed E-state index contributed by atoms with van der Waals surface area (Å²) in [5.41, 5.74) is 6.31. The van der Waals surface area contributed by atoms with Gasteiger partial charge in [-0.25, -0.2) is 4.79 Å². The summed E-state index contributed by atoms with van der Waals surface area (Å²) in [5, 5.41) is 5.76. The lowest BCUT2D eigenvalue weighted by Gasteiger charge is -2.45. The van der Waals surface area contributed by atoms with E-state index in [9.17, 15) is 19.2 Å².